The Hall–Kier alpha value is -0.900. The fraction of sp³-hybridized carbons (Fsp3) is 0.933. The van der Waals surface area contributed by atoms with E-state index in [1.54, 1.807) is 4.90 Å². The largest absolute Gasteiger partial charge is 0.379 e. The van der Waals surface area contributed by atoms with E-state index < -0.39 is 10.0 Å². The maximum atomic E-state index is 12.2. The highest BCUT2D eigenvalue weighted by atomic mass is 32.2. The number of urea groups is 1. The van der Waals surface area contributed by atoms with E-state index in [4.69, 9.17) is 9.88 Å². The summed E-state index contributed by atoms with van der Waals surface area (Å²) in [6.07, 6.45) is 1.38. The molecule has 1 atom stereocenters. The van der Waals surface area contributed by atoms with Crippen LogP contribution < -0.4 is 10.5 Å². The minimum atomic E-state index is -3.43. The standard InChI is InChI=1S/C15H30N4O4S/c1-13(11-18-6-8-23-9-7-18)10-17-15(20)19-4-2-14(3-5-19)12-24(16,21)22/h13-14H,2-12H2,1H3,(H,17,20)(H2,16,21,22). The third kappa shape index (κ3) is 6.92. The van der Waals surface area contributed by atoms with Gasteiger partial charge in [-0.05, 0) is 24.7 Å². The van der Waals surface area contributed by atoms with Gasteiger partial charge in [0.05, 0.1) is 19.0 Å². The van der Waals surface area contributed by atoms with E-state index in [1.165, 1.54) is 0 Å². The second-order valence-corrected chi connectivity index (χ2v) is 8.62. The first-order valence-corrected chi connectivity index (χ1v) is 10.4. The normalized spacial score (nSPS) is 22.3. The number of likely N-dealkylation sites (tertiary alicyclic amines) is 1. The molecule has 2 aliphatic rings. The summed E-state index contributed by atoms with van der Waals surface area (Å²) >= 11 is 0. The number of hydrogen-bond acceptors (Lipinski definition) is 5. The third-order valence-corrected chi connectivity index (χ3v) is 5.58. The first-order chi connectivity index (χ1) is 11.3. The number of nitrogens with two attached hydrogens (primary N) is 1. The van der Waals surface area contributed by atoms with Crippen molar-refractivity contribution in [2.24, 2.45) is 17.0 Å². The topological polar surface area (TPSA) is 105 Å². The van der Waals surface area contributed by atoms with Crippen LogP contribution in [0.1, 0.15) is 19.8 Å². The van der Waals surface area contributed by atoms with Gasteiger partial charge in [0, 0.05) is 39.3 Å². The molecule has 2 amide bonds. The average molecular weight is 362 g/mol. The summed E-state index contributed by atoms with van der Waals surface area (Å²) in [7, 11) is -3.43. The van der Waals surface area contributed by atoms with Gasteiger partial charge in [-0.2, -0.15) is 0 Å². The van der Waals surface area contributed by atoms with Gasteiger partial charge in [-0.1, -0.05) is 6.92 Å². The molecule has 0 aromatic heterocycles. The highest BCUT2D eigenvalue weighted by molar-refractivity contribution is 7.89. The Morgan fingerprint density at radius 2 is 1.88 bits per heavy atom. The maximum Gasteiger partial charge on any atom is 0.317 e. The van der Waals surface area contributed by atoms with Gasteiger partial charge in [0.2, 0.25) is 10.0 Å². The summed E-state index contributed by atoms with van der Waals surface area (Å²) < 4.78 is 27.6. The van der Waals surface area contributed by atoms with Gasteiger partial charge < -0.3 is 15.0 Å². The van der Waals surface area contributed by atoms with Crippen molar-refractivity contribution >= 4 is 16.1 Å². The zero-order chi connectivity index (χ0) is 17.6. The Kier molecular flexibility index (Phi) is 7.27. The van der Waals surface area contributed by atoms with Crippen LogP contribution in [-0.4, -0.2) is 82.5 Å². The van der Waals surface area contributed by atoms with Crippen molar-refractivity contribution in [3.63, 3.8) is 0 Å². The molecule has 2 saturated heterocycles. The van der Waals surface area contributed by atoms with Crippen molar-refractivity contribution in [1.82, 2.24) is 15.1 Å². The quantitative estimate of drug-likeness (QED) is 0.673. The number of carbonyl (C=O) groups excluding carboxylic acids is 1. The van der Waals surface area contributed by atoms with Gasteiger partial charge in [-0.15, -0.1) is 0 Å². The Balaban J connectivity index is 1.64. The second kappa shape index (κ2) is 8.98. The van der Waals surface area contributed by atoms with Gasteiger partial charge in [0.15, 0.2) is 0 Å². The van der Waals surface area contributed by atoms with Gasteiger partial charge in [0.1, 0.15) is 0 Å². The number of nitrogens with one attached hydrogen (secondary N) is 1. The van der Waals surface area contributed by atoms with Crippen LogP contribution in [0.5, 0.6) is 0 Å². The van der Waals surface area contributed by atoms with E-state index >= 15 is 0 Å². The number of ether oxygens (including phenoxy) is 1. The van der Waals surface area contributed by atoms with Crippen LogP contribution in [0, 0.1) is 11.8 Å². The molecule has 2 heterocycles. The number of hydrogen-bond donors (Lipinski definition) is 2. The van der Waals surface area contributed by atoms with Crippen LogP contribution in [0.25, 0.3) is 0 Å². The molecule has 2 aliphatic heterocycles. The molecule has 0 saturated carbocycles. The lowest BCUT2D eigenvalue weighted by molar-refractivity contribution is 0.0318. The van der Waals surface area contributed by atoms with Gasteiger partial charge in [0.25, 0.3) is 0 Å². The number of primary sulfonamides is 1. The van der Waals surface area contributed by atoms with Gasteiger partial charge in [-0.25, -0.2) is 18.4 Å². The predicted octanol–water partition coefficient (Wildman–Crippen LogP) is -0.335. The average Bonchev–Trinajstić information content (AvgIpc) is 2.53. The number of nitrogens with zero attached hydrogens (tertiary/aromatic N) is 2. The predicted molar refractivity (Wildman–Crippen MR) is 92.1 cm³/mol. The number of carbonyl (C=O) groups is 1. The minimum absolute atomic E-state index is 0.0129. The summed E-state index contributed by atoms with van der Waals surface area (Å²) in [6, 6.07) is -0.0575. The molecule has 140 valence electrons. The van der Waals surface area contributed by atoms with Crippen molar-refractivity contribution in [2.75, 3.05) is 58.2 Å². The van der Waals surface area contributed by atoms with Crippen LogP contribution in [0.15, 0.2) is 0 Å². The molecule has 0 aromatic carbocycles. The molecule has 24 heavy (non-hydrogen) atoms. The molecule has 8 nitrogen and oxygen atoms in total. The van der Waals surface area contributed by atoms with Crippen molar-refractivity contribution in [3.05, 3.63) is 0 Å². The SMILES string of the molecule is CC(CNC(=O)N1CCC(CS(N)(=O)=O)CC1)CN1CCOCC1. The van der Waals surface area contributed by atoms with Gasteiger partial charge >= 0.3 is 6.03 Å². The van der Waals surface area contributed by atoms with Crippen LogP contribution in [0.4, 0.5) is 4.79 Å². The molecule has 2 fully saturated rings. The zero-order valence-electron chi connectivity index (χ0n) is 14.4. The highest BCUT2D eigenvalue weighted by Crippen LogP contribution is 2.18. The molecule has 0 bridgehead atoms. The molecule has 0 spiro atoms. The molecular formula is C15H30N4O4S. The molecule has 0 aliphatic carbocycles. The zero-order valence-corrected chi connectivity index (χ0v) is 15.3. The van der Waals surface area contributed by atoms with E-state index in [0.717, 1.165) is 32.8 Å². The lowest BCUT2D eigenvalue weighted by Crippen LogP contribution is -2.47. The molecule has 9 heteroatoms. The van der Waals surface area contributed by atoms with E-state index in [2.05, 4.69) is 17.1 Å². The van der Waals surface area contributed by atoms with Crippen LogP contribution in [0.2, 0.25) is 0 Å². The van der Waals surface area contributed by atoms with Crippen molar-refractivity contribution in [3.8, 4) is 0 Å². The number of rotatable bonds is 6. The van der Waals surface area contributed by atoms with Gasteiger partial charge in [-0.3, -0.25) is 4.90 Å². The Bertz CT molecular complexity index is 500. The fourth-order valence-corrected chi connectivity index (χ4v) is 4.28. The maximum absolute atomic E-state index is 12.2. The van der Waals surface area contributed by atoms with Crippen LogP contribution >= 0.6 is 0 Å². The van der Waals surface area contributed by atoms with Crippen molar-refractivity contribution in [1.29, 1.82) is 0 Å². The second-order valence-electron chi connectivity index (χ2n) is 6.96. The first kappa shape index (κ1) is 19.4. The summed E-state index contributed by atoms with van der Waals surface area (Å²) in [5, 5.41) is 8.08. The summed E-state index contributed by atoms with van der Waals surface area (Å²) in [6.45, 7) is 8.39. The van der Waals surface area contributed by atoms with E-state index in [9.17, 15) is 13.2 Å². The van der Waals surface area contributed by atoms with E-state index in [0.29, 0.717) is 38.4 Å². The van der Waals surface area contributed by atoms with E-state index in [-0.39, 0.29) is 17.7 Å². The van der Waals surface area contributed by atoms with E-state index in [1.807, 2.05) is 0 Å². The summed E-state index contributed by atoms with van der Waals surface area (Å²) in [5.74, 6) is 0.454. The lowest BCUT2D eigenvalue weighted by Gasteiger charge is -2.32. The molecule has 1 unspecified atom stereocenters. The molecule has 3 N–H and O–H groups in total. The summed E-state index contributed by atoms with van der Waals surface area (Å²) in [4.78, 5) is 16.4. The van der Waals surface area contributed by atoms with Crippen molar-refractivity contribution < 1.29 is 17.9 Å². The van der Waals surface area contributed by atoms with Crippen molar-refractivity contribution in [2.45, 2.75) is 19.8 Å². The minimum Gasteiger partial charge on any atom is -0.379 e. The first-order valence-electron chi connectivity index (χ1n) is 8.67. The Labute approximate surface area is 144 Å². The molecule has 0 aromatic rings. The Morgan fingerprint density at radius 1 is 1.25 bits per heavy atom. The number of morpholine rings is 1. The Morgan fingerprint density at radius 3 is 2.46 bits per heavy atom. The number of sulfonamides is 1. The lowest BCUT2D eigenvalue weighted by atomic mass is 9.99. The molecular weight excluding hydrogens is 332 g/mol. The molecule has 2 rings (SSSR count). The highest BCUT2D eigenvalue weighted by Gasteiger charge is 2.25. The monoisotopic (exact) mass is 362 g/mol. The summed E-state index contributed by atoms with van der Waals surface area (Å²) in [5.41, 5.74) is 0. The number of amides is 2. The van der Waals surface area contributed by atoms with Crippen LogP contribution in [-0.2, 0) is 14.8 Å². The number of piperidine rings is 1. The third-order valence-electron chi connectivity index (χ3n) is 4.65. The van der Waals surface area contributed by atoms with Crippen LogP contribution in [0.3, 0.4) is 0 Å². The molecule has 0 radical (unpaired) electrons. The fourth-order valence-electron chi connectivity index (χ4n) is 3.29. The smallest absolute Gasteiger partial charge is 0.317 e.